The summed E-state index contributed by atoms with van der Waals surface area (Å²) in [6.45, 7) is 2.68. The minimum atomic E-state index is 0.0659. The number of H-pyrrole nitrogens is 2. The number of rotatable bonds is 5. The second-order valence-electron chi connectivity index (χ2n) is 4.32. The molecule has 0 aliphatic rings. The normalized spacial score (nSPS) is 12.8. The van der Waals surface area contributed by atoms with Crippen molar-refractivity contribution in [2.24, 2.45) is 5.73 Å². The van der Waals surface area contributed by atoms with E-state index < -0.39 is 0 Å². The van der Waals surface area contributed by atoms with E-state index in [0.717, 1.165) is 29.9 Å². The Hall–Kier alpha value is -2.02. The number of anilines is 2. The SMILES string of the molecule is CC(c1cnc(N)[nH]1)c1nc(N)[nH]c1CCCN. The summed E-state index contributed by atoms with van der Waals surface area (Å²) in [4.78, 5) is 14.4. The molecule has 7 nitrogen and oxygen atoms in total. The number of aromatic amines is 2. The van der Waals surface area contributed by atoms with Crippen LogP contribution in [0.5, 0.6) is 0 Å². The molecule has 98 valence electrons. The van der Waals surface area contributed by atoms with Crippen LogP contribution < -0.4 is 17.2 Å². The molecule has 0 fully saturated rings. The second-order valence-corrected chi connectivity index (χ2v) is 4.32. The van der Waals surface area contributed by atoms with Crippen LogP contribution in [0.3, 0.4) is 0 Å². The van der Waals surface area contributed by atoms with Gasteiger partial charge in [-0.1, -0.05) is 6.92 Å². The number of nitrogens with one attached hydrogen (secondary N) is 2. The predicted octanol–water partition coefficient (Wildman–Crippen LogP) is 0.340. The summed E-state index contributed by atoms with van der Waals surface area (Å²) in [5, 5.41) is 0. The molecule has 0 aliphatic heterocycles. The van der Waals surface area contributed by atoms with Gasteiger partial charge in [0.1, 0.15) is 0 Å². The summed E-state index contributed by atoms with van der Waals surface area (Å²) >= 11 is 0. The lowest BCUT2D eigenvalue weighted by atomic mass is 10.0. The van der Waals surface area contributed by atoms with Gasteiger partial charge < -0.3 is 27.2 Å². The van der Waals surface area contributed by atoms with E-state index in [2.05, 4.69) is 19.9 Å². The molecule has 1 unspecified atom stereocenters. The lowest BCUT2D eigenvalue weighted by molar-refractivity contribution is 0.775. The first-order chi connectivity index (χ1) is 8.61. The van der Waals surface area contributed by atoms with Crippen molar-refractivity contribution >= 4 is 11.9 Å². The molecule has 0 aromatic carbocycles. The van der Waals surface area contributed by atoms with Crippen molar-refractivity contribution in [2.45, 2.75) is 25.7 Å². The van der Waals surface area contributed by atoms with Crippen molar-refractivity contribution in [3.8, 4) is 0 Å². The third-order valence-corrected chi connectivity index (χ3v) is 2.95. The van der Waals surface area contributed by atoms with Crippen molar-refractivity contribution in [3.63, 3.8) is 0 Å². The van der Waals surface area contributed by atoms with Gasteiger partial charge in [0.05, 0.1) is 11.9 Å². The lowest BCUT2D eigenvalue weighted by Gasteiger charge is -2.08. The first-order valence-electron chi connectivity index (χ1n) is 5.96. The van der Waals surface area contributed by atoms with E-state index in [4.69, 9.17) is 17.2 Å². The molecule has 1 atom stereocenters. The highest BCUT2D eigenvalue weighted by Gasteiger charge is 2.18. The van der Waals surface area contributed by atoms with Crippen LogP contribution in [-0.4, -0.2) is 26.5 Å². The molecular weight excluding hydrogens is 230 g/mol. The summed E-state index contributed by atoms with van der Waals surface area (Å²) in [6, 6.07) is 0. The van der Waals surface area contributed by atoms with E-state index in [1.54, 1.807) is 6.20 Å². The van der Waals surface area contributed by atoms with Crippen molar-refractivity contribution in [1.29, 1.82) is 0 Å². The number of nitrogens with two attached hydrogens (primary N) is 3. The van der Waals surface area contributed by atoms with Crippen LogP contribution in [-0.2, 0) is 6.42 Å². The Bertz CT molecular complexity index is 513. The third kappa shape index (κ3) is 2.45. The average molecular weight is 249 g/mol. The first kappa shape index (κ1) is 12.4. The van der Waals surface area contributed by atoms with Crippen LogP contribution in [0.2, 0.25) is 0 Å². The maximum absolute atomic E-state index is 5.72. The Morgan fingerprint density at radius 1 is 1.28 bits per heavy atom. The van der Waals surface area contributed by atoms with Crippen LogP contribution in [0.1, 0.15) is 36.3 Å². The van der Waals surface area contributed by atoms with Crippen LogP contribution in [0.4, 0.5) is 11.9 Å². The van der Waals surface area contributed by atoms with Gasteiger partial charge >= 0.3 is 0 Å². The average Bonchev–Trinajstić information content (AvgIpc) is 2.92. The van der Waals surface area contributed by atoms with Gasteiger partial charge in [0.25, 0.3) is 0 Å². The molecule has 0 aliphatic carbocycles. The number of imidazole rings is 2. The van der Waals surface area contributed by atoms with Gasteiger partial charge in [-0.15, -0.1) is 0 Å². The minimum Gasteiger partial charge on any atom is -0.369 e. The molecule has 0 bridgehead atoms. The highest BCUT2D eigenvalue weighted by Crippen LogP contribution is 2.25. The molecule has 0 saturated heterocycles. The topological polar surface area (TPSA) is 135 Å². The Morgan fingerprint density at radius 2 is 2.06 bits per heavy atom. The van der Waals surface area contributed by atoms with Gasteiger partial charge in [-0.25, -0.2) is 9.97 Å². The largest absolute Gasteiger partial charge is 0.369 e. The zero-order valence-corrected chi connectivity index (χ0v) is 10.4. The van der Waals surface area contributed by atoms with E-state index in [1.165, 1.54) is 0 Å². The molecule has 8 N–H and O–H groups in total. The van der Waals surface area contributed by atoms with Gasteiger partial charge in [-0.2, -0.15) is 0 Å². The molecule has 2 rings (SSSR count). The molecule has 0 radical (unpaired) electrons. The zero-order chi connectivity index (χ0) is 13.1. The van der Waals surface area contributed by atoms with E-state index in [1.807, 2.05) is 6.92 Å². The zero-order valence-electron chi connectivity index (χ0n) is 10.4. The Morgan fingerprint density at radius 3 is 2.67 bits per heavy atom. The predicted molar refractivity (Wildman–Crippen MR) is 70.9 cm³/mol. The van der Waals surface area contributed by atoms with Gasteiger partial charge in [-0.3, -0.25) is 0 Å². The van der Waals surface area contributed by atoms with Crippen molar-refractivity contribution in [1.82, 2.24) is 19.9 Å². The van der Waals surface area contributed by atoms with E-state index in [9.17, 15) is 0 Å². The fraction of sp³-hybridized carbons (Fsp3) is 0.455. The van der Waals surface area contributed by atoms with Gasteiger partial charge in [0, 0.05) is 17.3 Å². The van der Waals surface area contributed by atoms with Crippen LogP contribution in [0.25, 0.3) is 0 Å². The maximum atomic E-state index is 5.72. The van der Waals surface area contributed by atoms with E-state index >= 15 is 0 Å². The summed E-state index contributed by atoms with van der Waals surface area (Å²) in [6.07, 6.45) is 3.45. The number of hydrogen-bond acceptors (Lipinski definition) is 5. The molecule has 0 spiro atoms. The molecular formula is C11H19N7. The number of hydrogen-bond donors (Lipinski definition) is 5. The monoisotopic (exact) mass is 249 g/mol. The summed E-state index contributed by atoms with van der Waals surface area (Å²) < 4.78 is 0. The smallest absolute Gasteiger partial charge is 0.197 e. The lowest BCUT2D eigenvalue weighted by Crippen LogP contribution is -2.05. The molecule has 18 heavy (non-hydrogen) atoms. The van der Waals surface area contributed by atoms with E-state index in [-0.39, 0.29) is 5.92 Å². The molecule has 7 heteroatoms. The highest BCUT2D eigenvalue weighted by atomic mass is 15.1. The summed E-state index contributed by atoms with van der Waals surface area (Å²) in [7, 11) is 0. The fourth-order valence-corrected chi connectivity index (χ4v) is 1.99. The summed E-state index contributed by atoms with van der Waals surface area (Å²) in [5.41, 5.74) is 19.7. The number of aromatic nitrogens is 4. The minimum absolute atomic E-state index is 0.0659. The van der Waals surface area contributed by atoms with Crippen LogP contribution in [0, 0.1) is 0 Å². The summed E-state index contributed by atoms with van der Waals surface area (Å²) in [5.74, 6) is 0.899. The Kier molecular flexibility index (Phi) is 3.52. The maximum Gasteiger partial charge on any atom is 0.197 e. The Labute approximate surface area is 105 Å². The highest BCUT2D eigenvalue weighted by molar-refractivity contribution is 5.34. The number of nitrogens with zero attached hydrogens (tertiary/aromatic N) is 2. The number of aryl methyl sites for hydroxylation is 1. The second kappa shape index (κ2) is 5.09. The molecule has 0 saturated carbocycles. The molecule has 2 aromatic heterocycles. The number of nitrogen functional groups attached to an aromatic ring is 2. The van der Waals surface area contributed by atoms with Crippen LogP contribution in [0.15, 0.2) is 6.20 Å². The van der Waals surface area contributed by atoms with Crippen molar-refractivity contribution in [2.75, 3.05) is 18.0 Å². The van der Waals surface area contributed by atoms with Crippen LogP contribution >= 0.6 is 0 Å². The van der Waals surface area contributed by atoms with Gasteiger partial charge in [-0.05, 0) is 19.4 Å². The Balaban J connectivity index is 2.26. The molecule has 2 heterocycles. The first-order valence-corrected chi connectivity index (χ1v) is 5.96. The third-order valence-electron chi connectivity index (χ3n) is 2.95. The van der Waals surface area contributed by atoms with E-state index in [0.29, 0.717) is 18.4 Å². The standard InChI is InChI=1S/C11H19N7/c1-6(8-5-15-10(13)17-8)9-7(3-2-4-12)16-11(14)18-9/h5-6H,2-4,12H2,1H3,(H3,13,15,17)(H3,14,16,18). The van der Waals surface area contributed by atoms with Gasteiger partial charge in [0.2, 0.25) is 0 Å². The quantitative estimate of drug-likeness (QED) is 0.520. The molecule has 0 amide bonds. The fourth-order valence-electron chi connectivity index (χ4n) is 1.99. The van der Waals surface area contributed by atoms with Crippen molar-refractivity contribution < 1.29 is 0 Å². The van der Waals surface area contributed by atoms with Gasteiger partial charge in [0.15, 0.2) is 11.9 Å². The molecule has 2 aromatic rings. The van der Waals surface area contributed by atoms with Crippen molar-refractivity contribution in [3.05, 3.63) is 23.3 Å².